The monoisotopic (exact) mass is 659 g/mol. The molecule has 7 rings (SSSR count). The van der Waals surface area contributed by atoms with Gasteiger partial charge in [0.2, 0.25) is 11.8 Å². The number of hydrogen-bond donors (Lipinski definition) is 2. The third-order valence-electron chi connectivity index (χ3n) is 9.84. The molecule has 9 nitrogen and oxygen atoms in total. The first-order chi connectivity index (χ1) is 22.0. The number of halogens is 2. The van der Waals surface area contributed by atoms with Crippen molar-refractivity contribution in [3.8, 4) is 11.5 Å². The summed E-state index contributed by atoms with van der Waals surface area (Å²) in [5.74, 6) is -5.49. The van der Waals surface area contributed by atoms with Gasteiger partial charge in [0.25, 0.3) is 11.8 Å². The molecule has 3 aromatic carbocycles. The highest BCUT2D eigenvalue weighted by Gasteiger charge is 2.76. The Morgan fingerprint density at radius 1 is 0.891 bits per heavy atom. The summed E-state index contributed by atoms with van der Waals surface area (Å²) in [7, 11) is 1.33. The van der Waals surface area contributed by atoms with Crippen LogP contribution in [0.15, 0.2) is 84.4 Å². The lowest BCUT2D eigenvalue weighted by atomic mass is 9.56. The molecule has 2 aliphatic carbocycles. The number of fused-ring (bicyclic) bond motifs is 4. The molecule has 11 heteroatoms. The maximum atomic E-state index is 14.3. The van der Waals surface area contributed by atoms with Crippen molar-refractivity contribution in [2.45, 2.75) is 35.4 Å². The summed E-state index contributed by atoms with van der Waals surface area (Å²) < 4.78 is 5.63. The summed E-state index contributed by atoms with van der Waals surface area (Å²) in [6.07, 6.45) is 1.92. The SMILES string of the molecule is CCOc1cccc(C2C3=CCC4C(=O)N(c5ccc(Nc6ccccc6)cc5)C(=O)C4C3CC3(Cl)C(=O)N(C)C(=O)C23Cl)c1O. The Bertz CT molecular complexity index is 1810. The molecule has 4 amide bonds. The molecule has 6 unspecified atom stereocenters. The Morgan fingerprint density at radius 2 is 1.59 bits per heavy atom. The Kier molecular flexibility index (Phi) is 7.17. The second-order valence-corrected chi connectivity index (χ2v) is 13.4. The Balaban J connectivity index is 1.29. The zero-order valence-corrected chi connectivity index (χ0v) is 26.6. The molecule has 1 saturated carbocycles. The van der Waals surface area contributed by atoms with Gasteiger partial charge in [-0.2, -0.15) is 0 Å². The number of alkyl halides is 2. The number of para-hydroxylation sites is 2. The van der Waals surface area contributed by atoms with E-state index in [0.29, 0.717) is 11.3 Å². The zero-order valence-electron chi connectivity index (χ0n) is 25.1. The van der Waals surface area contributed by atoms with Gasteiger partial charge in [0.15, 0.2) is 21.2 Å². The maximum Gasteiger partial charge on any atom is 0.253 e. The number of imide groups is 2. The number of phenolic OH excluding ortho intramolecular Hbond substituents is 1. The van der Waals surface area contributed by atoms with Crippen LogP contribution in [0.2, 0.25) is 0 Å². The normalized spacial score (nSPS) is 30.1. The number of phenols is 1. The van der Waals surface area contributed by atoms with E-state index >= 15 is 0 Å². The van der Waals surface area contributed by atoms with Crippen molar-refractivity contribution in [3.63, 3.8) is 0 Å². The quantitative estimate of drug-likeness (QED) is 0.197. The number of ether oxygens (including phenoxy) is 1. The first-order valence-electron chi connectivity index (χ1n) is 15.2. The molecule has 2 N–H and O–H groups in total. The maximum absolute atomic E-state index is 14.3. The number of allylic oxidation sites excluding steroid dienone is 2. The predicted octanol–water partition coefficient (Wildman–Crippen LogP) is 5.73. The zero-order chi connectivity index (χ0) is 32.5. The van der Waals surface area contributed by atoms with Gasteiger partial charge >= 0.3 is 0 Å². The Labute approximate surface area is 275 Å². The van der Waals surface area contributed by atoms with Gasteiger partial charge in [-0.25, -0.2) is 0 Å². The molecule has 2 aliphatic heterocycles. The largest absolute Gasteiger partial charge is 0.504 e. The van der Waals surface area contributed by atoms with Crippen LogP contribution in [0.25, 0.3) is 0 Å². The number of benzene rings is 3. The average Bonchev–Trinajstić information content (AvgIpc) is 3.38. The summed E-state index contributed by atoms with van der Waals surface area (Å²) in [5, 5.41) is 14.7. The van der Waals surface area contributed by atoms with Crippen LogP contribution in [-0.4, -0.2) is 57.0 Å². The van der Waals surface area contributed by atoms with Gasteiger partial charge in [-0.05, 0) is 68.1 Å². The molecule has 0 aromatic heterocycles. The van der Waals surface area contributed by atoms with Crippen LogP contribution >= 0.6 is 23.2 Å². The second-order valence-electron chi connectivity index (χ2n) is 12.2. The van der Waals surface area contributed by atoms with E-state index in [9.17, 15) is 24.3 Å². The smallest absolute Gasteiger partial charge is 0.253 e. The van der Waals surface area contributed by atoms with E-state index < -0.39 is 51.1 Å². The highest BCUT2D eigenvalue weighted by molar-refractivity contribution is 6.53. The molecule has 4 aliphatic rings. The molecule has 2 heterocycles. The van der Waals surface area contributed by atoms with Gasteiger partial charge in [-0.1, -0.05) is 42.0 Å². The Hall–Kier alpha value is -4.34. The molecule has 46 heavy (non-hydrogen) atoms. The molecule has 3 fully saturated rings. The first kappa shape index (κ1) is 30.3. The van der Waals surface area contributed by atoms with Gasteiger partial charge in [0.05, 0.1) is 24.1 Å². The van der Waals surface area contributed by atoms with E-state index in [1.807, 2.05) is 36.4 Å². The summed E-state index contributed by atoms with van der Waals surface area (Å²) in [6.45, 7) is 2.05. The minimum absolute atomic E-state index is 0.130. The molecule has 0 bridgehead atoms. The van der Waals surface area contributed by atoms with Gasteiger partial charge in [-0.15, -0.1) is 23.2 Å². The fourth-order valence-corrected chi connectivity index (χ4v) is 8.78. The van der Waals surface area contributed by atoms with Crippen molar-refractivity contribution in [2.24, 2.45) is 17.8 Å². The summed E-state index contributed by atoms with van der Waals surface area (Å²) >= 11 is 14.5. The van der Waals surface area contributed by atoms with Gasteiger partial charge in [-0.3, -0.25) is 29.0 Å². The summed E-state index contributed by atoms with van der Waals surface area (Å²) in [5.41, 5.74) is 2.97. The third kappa shape index (κ3) is 4.14. The van der Waals surface area contributed by atoms with Crippen molar-refractivity contribution in [1.29, 1.82) is 0 Å². The topological polar surface area (TPSA) is 116 Å². The number of carbonyl (C=O) groups is 4. The van der Waals surface area contributed by atoms with Crippen molar-refractivity contribution >= 4 is 63.9 Å². The number of anilines is 3. The van der Waals surface area contributed by atoms with Crippen LogP contribution in [0, 0.1) is 17.8 Å². The lowest BCUT2D eigenvalue weighted by Crippen LogP contribution is -2.60. The first-order valence-corrected chi connectivity index (χ1v) is 15.9. The Morgan fingerprint density at radius 3 is 2.28 bits per heavy atom. The number of rotatable bonds is 6. The van der Waals surface area contributed by atoms with Crippen molar-refractivity contribution < 1.29 is 29.0 Å². The number of amides is 4. The molecule has 0 spiro atoms. The lowest BCUT2D eigenvalue weighted by molar-refractivity contribution is -0.138. The van der Waals surface area contributed by atoms with E-state index in [0.717, 1.165) is 16.3 Å². The number of aromatic hydroxyl groups is 1. The van der Waals surface area contributed by atoms with E-state index in [4.69, 9.17) is 27.9 Å². The molecule has 236 valence electrons. The van der Waals surface area contributed by atoms with Crippen molar-refractivity contribution in [2.75, 3.05) is 23.9 Å². The van der Waals surface area contributed by atoms with Crippen molar-refractivity contribution in [3.05, 3.63) is 90.0 Å². The van der Waals surface area contributed by atoms with E-state index in [2.05, 4.69) is 5.32 Å². The summed E-state index contributed by atoms with van der Waals surface area (Å²) in [6, 6.07) is 21.5. The van der Waals surface area contributed by atoms with Crippen LogP contribution in [0.3, 0.4) is 0 Å². The fourth-order valence-electron chi connectivity index (χ4n) is 7.77. The molecule has 2 saturated heterocycles. The number of nitrogens with zero attached hydrogens (tertiary/aromatic N) is 2. The molecule has 3 aromatic rings. The second kappa shape index (κ2) is 10.9. The summed E-state index contributed by atoms with van der Waals surface area (Å²) in [4.78, 5) is 53.8. The highest BCUT2D eigenvalue weighted by atomic mass is 35.5. The molecular weight excluding hydrogens is 629 g/mol. The molecule has 0 radical (unpaired) electrons. The average molecular weight is 661 g/mol. The third-order valence-corrected chi connectivity index (χ3v) is 11.3. The highest BCUT2D eigenvalue weighted by Crippen LogP contribution is 2.66. The van der Waals surface area contributed by atoms with E-state index in [1.165, 1.54) is 11.9 Å². The number of likely N-dealkylation sites (tertiary alicyclic amines) is 1. The number of nitrogens with one attached hydrogen (secondary N) is 1. The van der Waals surface area contributed by atoms with Crippen LogP contribution in [0.4, 0.5) is 17.1 Å². The van der Waals surface area contributed by atoms with E-state index in [-0.39, 0.29) is 42.4 Å². The number of hydrogen-bond acceptors (Lipinski definition) is 7. The van der Waals surface area contributed by atoms with E-state index in [1.54, 1.807) is 49.4 Å². The van der Waals surface area contributed by atoms with Gasteiger partial charge < -0.3 is 15.2 Å². The van der Waals surface area contributed by atoms with Gasteiger partial charge in [0, 0.05) is 29.9 Å². The van der Waals surface area contributed by atoms with Crippen molar-refractivity contribution in [1.82, 2.24) is 4.90 Å². The predicted molar refractivity (Wildman–Crippen MR) is 173 cm³/mol. The number of carbonyl (C=O) groups excluding carboxylic acids is 4. The lowest BCUT2D eigenvalue weighted by Gasteiger charge is -2.50. The van der Waals surface area contributed by atoms with Crippen LogP contribution < -0.4 is 15.0 Å². The van der Waals surface area contributed by atoms with Crippen LogP contribution in [0.5, 0.6) is 11.5 Å². The van der Waals surface area contributed by atoms with Crippen LogP contribution in [0.1, 0.15) is 31.2 Å². The molecular formula is C35H31Cl2N3O6. The molecule has 6 atom stereocenters. The standard InChI is InChI=1S/C35H31Cl2N3O6/c1-3-46-26-11-7-10-24(29(26)41)28-22-16-17-23-27(25(22)18-34(36)32(44)39(2)33(45)35(28,34)37)31(43)40(30(23)42)21-14-12-20(13-15-21)38-19-8-5-4-6-9-19/h4-16,23,25,27-28,38,41H,3,17-18H2,1-2H3. The van der Waals surface area contributed by atoms with Crippen LogP contribution in [-0.2, 0) is 19.2 Å². The fraction of sp³-hybridized carbons (Fsp3) is 0.314. The minimum atomic E-state index is -2.00. The van der Waals surface area contributed by atoms with Gasteiger partial charge in [0.1, 0.15) is 0 Å². The minimum Gasteiger partial charge on any atom is -0.504 e.